The molecule has 2 aromatic carbocycles. The summed E-state index contributed by atoms with van der Waals surface area (Å²) in [6, 6.07) is 13.6. The summed E-state index contributed by atoms with van der Waals surface area (Å²) >= 11 is 0. The molecule has 0 amide bonds. The molecule has 3 rings (SSSR count). The summed E-state index contributed by atoms with van der Waals surface area (Å²) in [6.45, 7) is 4.02. The first kappa shape index (κ1) is 14.1. The Morgan fingerprint density at radius 1 is 1.14 bits per heavy atom. The van der Waals surface area contributed by atoms with Crippen molar-refractivity contribution in [3.63, 3.8) is 0 Å². The molecule has 3 heteroatoms. The average molecular weight is 284 g/mol. The van der Waals surface area contributed by atoms with Gasteiger partial charge in [-0.05, 0) is 50.5 Å². The van der Waals surface area contributed by atoms with E-state index in [9.17, 15) is 4.39 Å². The number of fused-ring (bicyclic) bond motifs is 1. The van der Waals surface area contributed by atoms with Crippen LogP contribution in [-0.4, -0.2) is 6.04 Å². The van der Waals surface area contributed by atoms with Crippen LogP contribution in [0.25, 0.3) is 0 Å². The van der Waals surface area contributed by atoms with E-state index in [1.54, 1.807) is 6.07 Å². The lowest BCUT2D eigenvalue weighted by Gasteiger charge is -2.38. The fourth-order valence-corrected chi connectivity index (χ4v) is 3.24. The molecule has 0 saturated heterocycles. The molecular formula is C18H21FN2. The topological polar surface area (TPSA) is 29.3 Å². The Kier molecular flexibility index (Phi) is 3.68. The zero-order valence-corrected chi connectivity index (χ0v) is 12.5. The maximum atomic E-state index is 14.3. The van der Waals surface area contributed by atoms with Gasteiger partial charge < -0.3 is 10.6 Å². The maximum Gasteiger partial charge on any atom is 0.130 e. The minimum Gasteiger partial charge on any atom is -0.338 e. The molecule has 1 aliphatic rings. The summed E-state index contributed by atoms with van der Waals surface area (Å²) in [5.74, 6) is -0.224. The van der Waals surface area contributed by atoms with E-state index >= 15 is 0 Å². The van der Waals surface area contributed by atoms with Crippen LogP contribution in [0.1, 0.15) is 37.4 Å². The molecule has 0 bridgehead atoms. The first-order chi connectivity index (χ1) is 10.1. The van der Waals surface area contributed by atoms with Crippen LogP contribution in [0.5, 0.6) is 0 Å². The van der Waals surface area contributed by atoms with Gasteiger partial charge in [0.2, 0.25) is 0 Å². The molecule has 21 heavy (non-hydrogen) atoms. The highest BCUT2D eigenvalue weighted by molar-refractivity contribution is 5.71. The molecule has 0 fully saturated rings. The molecule has 2 unspecified atom stereocenters. The second kappa shape index (κ2) is 5.49. The summed E-state index contributed by atoms with van der Waals surface area (Å²) in [6.07, 6.45) is 2.13. The third kappa shape index (κ3) is 2.42. The number of halogens is 1. The van der Waals surface area contributed by atoms with Gasteiger partial charge in [0.15, 0.2) is 0 Å². The number of anilines is 2. The minimum absolute atomic E-state index is 0.224. The van der Waals surface area contributed by atoms with Crippen molar-refractivity contribution in [2.45, 2.75) is 38.8 Å². The Morgan fingerprint density at radius 2 is 1.86 bits per heavy atom. The number of para-hydroxylation sites is 1. The molecule has 2 atom stereocenters. The predicted molar refractivity (Wildman–Crippen MR) is 85.4 cm³/mol. The molecule has 0 aromatic heterocycles. The monoisotopic (exact) mass is 284 g/mol. The highest BCUT2D eigenvalue weighted by atomic mass is 19.1. The van der Waals surface area contributed by atoms with Crippen molar-refractivity contribution in [3.8, 4) is 0 Å². The standard InChI is InChI=1S/C18H21FN2/c1-12-10-11-14-6-3-4-8-16(14)21(12)17-9-5-7-15(19)18(17)13(2)20/h3-9,12-13H,10-11,20H2,1-2H3. The molecule has 0 spiro atoms. The van der Waals surface area contributed by atoms with Gasteiger partial charge in [-0.1, -0.05) is 24.3 Å². The van der Waals surface area contributed by atoms with Crippen molar-refractivity contribution < 1.29 is 4.39 Å². The number of benzene rings is 2. The van der Waals surface area contributed by atoms with E-state index in [1.807, 2.05) is 19.1 Å². The largest absolute Gasteiger partial charge is 0.338 e. The molecule has 0 saturated carbocycles. The lowest BCUT2D eigenvalue weighted by Crippen LogP contribution is -2.34. The van der Waals surface area contributed by atoms with Crippen LogP contribution in [0.2, 0.25) is 0 Å². The number of rotatable bonds is 2. The normalized spacial score (nSPS) is 19.2. The van der Waals surface area contributed by atoms with Gasteiger partial charge in [0, 0.05) is 29.0 Å². The third-order valence-corrected chi connectivity index (χ3v) is 4.27. The minimum atomic E-state index is -0.331. The zero-order valence-electron chi connectivity index (χ0n) is 12.5. The third-order valence-electron chi connectivity index (χ3n) is 4.27. The molecule has 0 aliphatic carbocycles. The molecular weight excluding hydrogens is 263 g/mol. The van der Waals surface area contributed by atoms with E-state index in [0.717, 1.165) is 18.5 Å². The fourth-order valence-electron chi connectivity index (χ4n) is 3.24. The highest BCUT2D eigenvalue weighted by Crippen LogP contribution is 2.40. The SMILES string of the molecule is CC(N)c1c(F)cccc1N1c2ccccc2CCC1C. The van der Waals surface area contributed by atoms with Gasteiger partial charge in [0.25, 0.3) is 0 Å². The van der Waals surface area contributed by atoms with Crippen LogP contribution in [0.4, 0.5) is 15.8 Å². The van der Waals surface area contributed by atoms with Crippen LogP contribution in [0.3, 0.4) is 0 Å². The van der Waals surface area contributed by atoms with Crippen molar-refractivity contribution in [2.75, 3.05) is 4.90 Å². The smallest absolute Gasteiger partial charge is 0.130 e. The van der Waals surface area contributed by atoms with Crippen molar-refractivity contribution in [3.05, 3.63) is 59.4 Å². The van der Waals surface area contributed by atoms with Crippen LogP contribution >= 0.6 is 0 Å². The van der Waals surface area contributed by atoms with Gasteiger partial charge in [-0.25, -0.2) is 4.39 Å². The van der Waals surface area contributed by atoms with E-state index in [4.69, 9.17) is 5.73 Å². The first-order valence-corrected chi connectivity index (χ1v) is 7.50. The number of hydrogen-bond acceptors (Lipinski definition) is 2. The quantitative estimate of drug-likeness (QED) is 0.890. The van der Waals surface area contributed by atoms with Gasteiger partial charge in [0.05, 0.1) is 0 Å². The van der Waals surface area contributed by atoms with Gasteiger partial charge in [-0.2, -0.15) is 0 Å². The number of aryl methyl sites for hydroxylation is 1. The zero-order chi connectivity index (χ0) is 15.0. The van der Waals surface area contributed by atoms with Crippen LogP contribution < -0.4 is 10.6 Å². The van der Waals surface area contributed by atoms with Crippen molar-refractivity contribution in [2.24, 2.45) is 5.73 Å². The Morgan fingerprint density at radius 3 is 2.62 bits per heavy atom. The fraction of sp³-hybridized carbons (Fsp3) is 0.333. The Hall–Kier alpha value is -1.87. The second-order valence-electron chi connectivity index (χ2n) is 5.85. The van der Waals surface area contributed by atoms with Crippen LogP contribution in [-0.2, 0) is 6.42 Å². The molecule has 2 N–H and O–H groups in total. The Bertz CT molecular complexity index is 651. The van der Waals surface area contributed by atoms with E-state index in [-0.39, 0.29) is 11.9 Å². The predicted octanol–water partition coefficient (Wildman–Crippen LogP) is 4.32. The van der Waals surface area contributed by atoms with E-state index in [2.05, 4.69) is 30.0 Å². The van der Waals surface area contributed by atoms with Gasteiger partial charge in [-0.15, -0.1) is 0 Å². The Balaban J connectivity index is 2.19. The summed E-state index contributed by atoms with van der Waals surface area (Å²) in [7, 11) is 0. The molecule has 1 aliphatic heterocycles. The Labute approximate surface area is 125 Å². The summed E-state index contributed by atoms with van der Waals surface area (Å²) in [5, 5.41) is 0. The van der Waals surface area contributed by atoms with Gasteiger partial charge >= 0.3 is 0 Å². The number of nitrogens with two attached hydrogens (primary N) is 1. The number of hydrogen-bond donors (Lipinski definition) is 1. The molecule has 110 valence electrons. The summed E-state index contributed by atoms with van der Waals surface area (Å²) in [5.41, 5.74) is 10.00. The maximum absolute atomic E-state index is 14.3. The van der Waals surface area contributed by atoms with Crippen molar-refractivity contribution in [1.82, 2.24) is 0 Å². The van der Waals surface area contributed by atoms with Crippen molar-refractivity contribution >= 4 is 11.4 Å². The molecule has 2 nitrogen and oxygen atoms in total. The first-order valence-electron chi connectivity index (χ1n) is 7.50. The second-order valence-corrected chi connectivity index (χ2v) is 5.85. The average Bonchev–Trinajstić information content (AvgIpc) is 2.46. The van der Waals surface area contributed by atoms with Gasteiger partial charge in [-0.3, -0.25) is 0 Å². The molecule has 1 heterocycles. The van der Waals surface area contributed by atoms with E-state index < -0.39 is 0 Å². The van der Waals surface area contributed by atoms with Gasteiger partial charge in [0.1, 0.15) is 5.82 Å². The molecule has 2 aromatic rings. The van der Waals surface area contributed by atoms with Crippen LogP contribution in [0.15, 0.2) is 42.5 Å². The highest BCUT2D eigenvalue weighted by Gasteiger charge is 2.27. The van der Waals surface area contributed by atoms with E-state index in [1.165, 1.54) is 17.3 Å². The summed E-state index contributed by atoms with van der Waals surface area (Å²) in [4.78, 5) is 2.24. The van der Waals surface area contributed by atoms with Crippen LogP contribution in [0, 0.1) is 5.82 Å². The molecule has 0 radical (unpaired) electrons. The number of nitrogens with zero attached hydrogens (tertiary/aromatic N) is 1. The lowest BCUT2D eigenvalue weighted by molar-refractivity contribution is 0.581. The summed E-state index contributed by atoms with van der Waals surface area (Å²) < 4.78 is 14.3. The van der Waals surface area contributed by atoms with Crippen molar-refractivity contribution in [1.29, 1.82) is 0 Å². The lowest BCUT2D eigenvalue weighted by atomic mass is 9.94. The van der Waals surface area contributed by atoms with E-state index in [0.29, 0.717) is 11.6 Å².